The lowest BCUT2D eigenvalue weighted by Crippen LogP contribution is -2.43. The summed E-state index contributed by atoms with van der Waals surface area (Å²) in [6.45, 7) is 6.37. The number of piperidine rings is 1. The van der Waals surface area contributed by atoms with Gasteiger partial charge in [-0.3, -0.25) is 4.79 Å². The van der Waals surface area contributed by atoms with E-state index in [9.17, 15) is 4.79 Å². The van der Waals surface area contributed by atoms with E-state index in [1.54, 1.807) is 6.20 Å². The molecule has 0 aliphatic carbocycles. The molecule has 0 bridgehead atoms. The highest BCUT2D eigenvalue weighted by atomic mass is 16.1. The van der Waals surface area contributed by atoms with Gasteiger partial charge in [0.1, 0.15) is 11.6 Å². The van der Waals surface area contributed by atoms with Gasteiger partial charge in [-0.2, -0.15) is 0 Å². The Labute approximate surface area is 189 Å². The van der Waals surface area contributed by atoms with Crippen LogP contribution in [-0.2, 0) is 24.3 Å². The Bertz CT molecular complexity index is 1030. The average molecular weight is 433 g/mol. The molecule has 1 saturated heterocycles. The maximum atomic E-state index is 12.7. The first kappa shape index (κ1) is 22.0. The first-order valence-corrected chi connectivity index (χ1v) is 11.5. The minimum atomic E-state index is 0.0921. The second-order valence-corrected chi connectivity index (χ2v) is 8.65. The van der Waals surface area contributed by atoms with E-state index in [1.165, 1.54) is 5.56 Å². The van der Waals surface area contributed by atoms with Crippen LogP contribution in [0.5, 0.6) is 0 Å². The minimum Gasteiger partial charge on any atom is -0.353 e. The predicted molar refractivity (Wildman–Crippen MR) is 125 cm³/mol. The molecule has 1 unspecified atom stereocenters. The number of hydrogen-bond donors (Lipinski definition) is 1. The maximum Gasteiger partial charge on any atom is 0.222 e. The maximum absolute atomic E-state index is 12.7. The predicted octanol–water partition coefficient (Wildman–Crippen LogP) is 3.60. The van der Waals surface area contributed by atoms with E-state index >= 15 is 0 Å². The third-order valence-corrected chi connectivity index (χ3v) is 5.95. The van der Waals surface area contributed by atoms with Crippen LogP contribution in [0.2, 0.25) is 0 Å². The highest BCUT2D eigenvalue weighted by Crippen LogP contribution is 2.26. The van der Waals surface area contributed by atoms with Crippen molar-refractivity contribution < 1.29 is 4.79 Å². The zero-order chi connectivity index (χ0) is 22.3. The van der Waals surface area contributed by atoms with Crippen LogP contribution in [0.4, 0.5) is 5.82 Å². The van der Waals surface area contributed by atoms with Gasteiger partial charge in [0.2, 0.25) is 5.91 Å². The minimum absolute atomic E-state index is 0.0921. The zero-order valence-electron chi connectivity index (χ0n) is 19.0. The number of imidazole rings is 1. The van der Waals surface area contributed by atoms with E-state index in [0.29, 0.717) is 13.0 Å². The number of carbonyl (C=O) groups is 1. The Morgan fingerprint density at radius 2 is 2.09 bits per heavy atom. The monoisotopic (exact) mass is 432 g/mol. The SMILES string of the molecule is Cc1cccc(CNC(=O)CC2CCCCN2c2cc(C)nc(CCn3ccnc3)n2)c1. The number of amides is 1. The molecule has 2 aromatic heterocycles. The van der Waals surface area contributed by atoms with Crippen molar-refractivity contribution >= 4 is 11.7 Å². The molecule has 1 aromatic carbocycles. The molecular weight excluding hydrogens is 400 g/mol. The summed E-state index contributed by atoms with van der Waals surface area (Å²) < 4.78 is 2.04. The van der Waals surface area contributed by atoms with Crippen molar-refractivity contribution in [1.29, 1.82) is 0 Å². The van der Waals surface area contributed by atoms with Crippen LogP contribution >= 0.6 is 0 Å². The highest BCUT2D eigenvalue weighted by Gasteiger charge is 2.26. The van der Waals surface area contributed by atoms with Crippen LogP contribution in [0.25, 0.3) is 0 Å². The van der Waals surface area contributed by atoms with Crippen molar-refractivity contribution in [2.75, 3.05) is 11.4 Å². The van der Waals surface area contributed by atoms with Crippen LogP contribution in [0.1, 0.15) is 48.3 Å². The van der Waals surface area contributed by atoms with Crippen molar-refractivity contribution in [2.24, 2.45) is 0 Å². The van der Waals surface area contributed by atoms with Gasteiger partial charge in [0, 0.05) is 62.7 Å². The summed E-state index contributed by atoms with van der Waals surface area (Å²) in [6, 6.07) is 10.5. The third-order valence-electron chi connectivity index (χ3n) is 5.95. The van der Waals surface area contributed by atoms with Crippen molar-refractivity contribution in [1.82, 2.24) is 24.8 Å². The van der Waals surface area contributed by atoms with Crippen LogP contribution < -0.4 is 10.2 Å². The molecule has 3 aromatic rings. The van der Waals surface area contributed by atoms with Crippen LogP contribution in [-0.4, -0.2) is 38.0 Å². The van der Waals surface area contributed by atoms with E-state index in [2.05, 4.69) is 45.3 Å². The second-order valence-electron chi connectivity index (χ2n) is 8.65. The number of carbonyl (C=O) groups excluding carboxylic acids is 1. The fourth-order valence-corrected chi connectivity index (χ4v) is 4.34. The van der Waals surface area contributed by atoms with Gasteiger partial charge >= 0.3 is 0 Å². The summed E-state index contributed by atoms with van der Waals surface area (Å²) in [5.74, 6) is 1.87. The normalized spacial score (nSPS) is 16.2. The summed E-state index contributed by atoms with van der Waals surface area (Å²) in [4.78, 5) is 28.6. The topological polar surface area (TPSA) is 75.9 Å². The highest BCUT2D eigenvalue weighted by molar-refractivity contribution is 5.77. The molecule has 7 heteroatoms. The molecule has 1 amide bonds. The van der Waals surface area contributed by atoms with E-state index in [4.69, 9.17) is 4.98 Å². The lowest BCUT2D eigenvalue weighted by molar-refractivity contribution is -0.121. The summed E-state index contributed by atoms with van der Waals surface area (Å²) in [5.41, 5.74) is 3.30. The molecule has 32 heavy (non-hydrogen) atoms. The molecule has 7 nitrogen and oxygen atoms in total. The van der Waals surface area contributed by atoms with Crippen molar-refractivity contribution in [3.63, 3.8) is 0 Å². The van der Waals surface area contributed by atoms with E-state index in [0.717, 1.165) is 61.7 Å². The number of anilines is 1. The summed E-state index contributed by atoms with van der Waals surface area (Å²) in [7, 11) is 0. The van der Waals surface area contributed by atoms with Gasteiger partial charge in [0.15, 0.2) is 0 Å². The van der Waals surface area contributed by atoms with Crippen molar-refractivity contribution in [3.8, 4) is 0 Å². The Morgan fingerprint density at radius 3 is 2.91 bits per heavy atom. The Kier molecular flexibility index (Phi) is 7.14. The lowest BCUT2D eigenvalue weighted by atomic mass is 9.98. The zero-order valence-corrected chi connectivity index (χ0v) is 19.0. The van der Waals surface area contributed by atoms with Crippen LogP contribution in [0.3, 0.4) is 0 Å². The van der Waals surface area contributed by atoms with Gasteiger partial charge in [0.25, 0.3) is 0 Å². The molecule has 1 aliphatic heterocycles. The molecule has 3 heterocycles. The first-order chi connectivity index (χ1) is 15.6. The molecule has 168 valence electrons. The molecule has 4 rings (SSSR count). The molecule has 0 radical (unpaired) electrons. The standard InChI is InChI=1S/C25H32N6O/c1-19-6-5-7-21(14-19)17-27-25(32)16-22-8-3-4-11-31(22)24-15-20(2)28-23(29-24)9-12-30-13-10-26-18-30/h5-7,10,13-15,18,22H,3-4,8-9,11-12,16-17H2,1-2H3,(H,27,32). The Hall–Kier alpha value is -3.22. The van der Waals surface area contributed by atoms with Gasteiger partial charge in [-0.1, -0.05) is 29.8 Å². The molecule has 0 spiro atoms. The van der Waals surface area contributed by atoms with E-state index in [1.807, 2.05) is 36.1 Å². The number of nitrogens with one attached hydrogen (secondary N) is 1. The molecule has 0 saturated carbocycles. The Balaban J connectivity index is 1.40. The van der Waals surface area contributed by atoms with E-state index in [-0.39, 0.29) is 11.9 Å². The fraction of sp³-hybridized carbons (Fsp3) is 0.440. The number of rotatable bonds is 8. The molecular formula is C25H32N6O. The number of aryl methyl sites for hydroxylation is 4. The molecule has 1 aliphatic rings. The number of benzene rings is 1. The quantitative estimate of drug-likeness (QED) is 0.589. The number of aromatic nitrogens is 4. The van der Waals surface area contributed by atoms with Gasteiger partial charge in [0.05, 0.1) is 6.33 Å². The van der Waals surface area contributed by atoms with Crippen molar-refractivity contribution in [3.05, 3.63) is 71.7 Å². The lowest BCUT2D eigenvalue weighted by Gasteiger charge is -2.36. The molecule has 1 N–H and O–H groups in total. The van der Waals surface area contributed by atoms with Gasteiger partial charge in [-0.25, -0.2) is 15.0 Å². The largest absolute Gasteiger partial charge is 0.353 e. The smallest absolute Gasteiger partial charge is 0.222 e. The summed E-state index contributed by atoms with van der Waals surface area (Å²) in [5, 5.41) is 3.10. The summed E-state index contributed by atoms with van der Waals surface area (Å²) in [6.07, 6.45) is 10.0. The number of hydrogen-bond acceptors (Lipinski definition) is 5. The van der Waals surface area contributed by atoms with Crippen LogP contribution in [0, 0.1) is 13.8 Å². The first-order valence-electron chi connectivity index (χ1n) is 11.5. The van der Waals surface area contributed by atoms with Gasteiger partial charge in [-0.05, 0) is 38.7 Å². The van der Waals surface area contributed by atoms with E-state index < -0.39 is 0 Å². The molecule has 1 fully saturated rings. The fourth-order valence-electron chi connectivity index (χ4n) is 4.34. The van der Waals surface area contributed by atoms with Gasteiger partial charge in [-0.15, -0.1) is 0 Å². The van der Waals surface area contributed by atoms with Gasteiger partial charge < -0.3 is 14.8 Å². The summed E-state index contributed by atoms with van der Waals surface area (Å²) >= 11 is 0. The molecule has 1 atom stereocenters. The number of nitrogens with zero attached hydrogens (tertiary/aromatic N) is 5. The second kappa shape index (κ2) is 10.4. The van der Waals surface area contributed by atoms with Crippen LogP contribution in [0.15, 0.2) is 49.1 Å². The van der Waals surface area contributed by atoms with Crippen molar-refractivity contribution in [2.45, 2.75) is 65.1 Å². The third kappa shape index (κ3) is 5.93. The average Bonchev–Trinajstić information content (AvgIpc) is 3.30. The Morgan fingerprint density at radius 1 is 1.19 bits per heavy atom.